The number of benzene rings is 1. The van der Waals surface area contributed by atoms with Gasteiger partial charge in [-0.2, -0.15) is 0 Å². The summed E-state index contributed by atoms with van der Waals surface area (Å²) in [5.74, 6) is 0.404. The first kappa shape index (κ1) is 21.2. The lowest BCUT2D eigenvalue weighted by atomic mass is 10.0. The molecule has 0 aliphatic rings. The van der Waals surface area contributed by atoms with Crippen LogP contribution < -0.4 is 9.46 Å². The van der Waals surface area contributed by atoms with Crippen molar-refractivity contribution in [3.8, 4) is 5.75 Å². The van der Waals surface area contributed by atoms with Crippen molar-refractivity contribution < 1.29 is 22.7 Å². The maximum absolute atomic E-state index is 12.7. The van der Waals surface area contributed by atoms with Crippen LogP contribution in [-0.2, 0) is 21.2 Å². The van der Waals surface area contributed by atoms with E-state index in [1.165, 1.54) is 25.7 Å². The number of esters is 1. The van der Waals surface area contributed by atoms with Gasteiger partial charge < -0.3 is 9.47 Å². The Morgan fingerprint density at radius 3 is 2.59 bits per heavy atom. The van der Waals surface area contributed by atoms with E-state index >= 15 is 0 Å². The Bertz CT molecular complexity index is 887. The molecule has 8 heteroatoms. The van der Waals surface area contributed by atoms with Crippen molar-refractivity contribution in [3.63, 3.8) is 0 Å². The molecule has 1 aromatic carbocycles. The highest BCUT2D eigenvalue weighted by molar-refractivity contribution is 7.93. The topological polar surface area (TPSA) is 81.7 Å². The van der Waals surface area contributed by atoms with Crippen LogP contribution in [0.15, 0.2) is 34.5 Å². The van der Waals surface area contributed by atoms with Crippen molar-refractivity contribution in [2.45, 2.75) is 38.0 Å². The van der Waals surface area contributed by atoms with E-state index in [4.69, 9.17) is 4.74 Å². The van der Waals surface area contributed by atoms with Gasteiger partial charge in [0, 0.05) is 0 Å². The Hall–Kier alpha value is -2.06. The van der Waals surface area contributed by atoms with Gasteiger partial charge >= 0.3 is 5.97 Å². The predicted molar refractivity (Wildman–Crippen MR) is 107 cm³/mol. The fourth-order valence-corrected chi connectivity index (χ4v) is 5.05. The van der Waals surface area contributed by atoms with Crippen molar-refractivity contribution in [2.75, 3.05) is 18.9 Å². The van der Waals surface area contributed by atoms with Crippen LogP contribution in [0.5, 0.6) is 5.75 Å². The Labute approximate surface area is 164 Å². The minimum Gasteiger partial charge on any atom is -0.495 e. The van der Waals surface area contributed by atoms with Gasteiger partial charge in [0.15, 0.2) is 0 Å². The van der Waals surface area contributed by atoms with E-state index in [9.17, 15) is 13.2 Å². The second-order valence-corrected chi connectivity index (χ2v) is 9.10. The van der Waals surface area contributed by atoms with Crippen LogP contribution in [0.25, 0.3) is 0 Å². The third-order valence-corrected chi connectivity index (χ3v) is 6.48. The van der Waals surface area contributed by atoms with E-state index < -0.39 is 16.0 Å². The highest BCUT2D eigenvalue weighted by Crippen LogP contribution is 2.31. The molecule has 2 rings (SSSR count). The number of sulfonamides is 1. The van der Waals surface area contributed by atoms with Crippen LogP contribution in [0.3, 0.4) is 0 Å². The molecule has 0 atom stereocenters. The summed E-state index contributed by atoms with van der Waals surface area (Å²) < 4.78 is 38.0. The second kappa shape index (κ2) is 9.23. The average molecular weight is 412 g/mol. The summed E-state index contributed by atoms with van der Waals surface area (Å²) in [6.07, 6.45) is 3.09. The number of hydrogen-bond donors (Lipinski definition) is 1. The number of carbonyl (C=O) groups is 1. The molecule has 0 aliphatic heterocycles. The first-order chi connectivity index (χ1) is 12.8. The van der Waals surface area contributed by atoms with Crippen molar-refractivity contribution >= 4 is 33.0 Å². The molecule has 0 radical (unpaired) electrons. The molecule has 0 aliphatic carbocycles. The summed E-state index contributed by atoms with van der Waals surface area (Å²) in [5.41, 5.74) is 1.41. The van der Waals surface area contributed by atoms with Gasteiger partial charge in [-0.15, -0.1) is 11.3 Å². The third-order valence-electron chi connectivity index (χ3n) is 4.05. The molecule has 6 nitrogen and oxygen atoms in total. The molecule has 148 valence electrons. The monoisotopic (exact) mass is 411 g/mol. The number of rotatable bonds is 9. The number of ether oxygens (including phenoxy) is 2. The van der Waals surface area contributed by atoms with Crippen LogP contribution in [0.2, 0.25) is 0 Å². The van der Waals surface area contributed by atoms with Gasteiger partial charge in [0.2, 0.25) is 0 Å². The van der Waals surface area contributed by atoms with Gasteiger partial charge in [-0.3, -0.25) is 4.72 Å². The highest BCUT2D eigenvalue weighted by atomic mass is 32.2. The summed E-state index contributed by atoms with van der Waals surface area (Å²) in [4.78, 5) is 11.7. The molecule has 0 fully saturated rings. The number of anilines is 1. The lowest BCUT2D eigenvalue weighted by molar-refractivity contribution is 0.0602. The molecule has 0 bridgehead atoms. The minimum atomic E-state index is -3.95. The molecular weight excluding hydrogens is 386 g/mol. The number of hydrogen-bond acceptors (Lipinski definition) is 6. The summed E-state index contributed by atoms with van der Waals surface area (Å²) >= 11 is 1.02. The van der Waals surface area contributed by atoms with E-state index in [1.54, 1.807) is 6.07 Å². The maximum Gasteiger partial charge on any atom is 0.349 e. The molecule has 0 unspecified atom stereocenters. The van der Waals surface area contributed by atoms with E-state index in [0.717, 1.165) is 36.2 Å². The minimum absolute atomic E-state index is 0.0364. The van der Waals surface area contributed by atoms with Gasteiger partial charge in [-0.25, -0.2) is 13.2 Å². The zero-order valence-corrected chi connectivity index (χ0v) is 17.6. The number of carbonyl (C=O) groups excluding carboxylic acids is 1. The summed E-state index contributed by atoms with van der Waals surface area (Å²) in [7, 11) is -1.24. The summed E-state index contributed by atoms with van der Waals surface area (Å²) in [6, 6.07) is 6.79. The number of aryl methyl sites for hydroxylation is 1. The molecule has 27 heavy (non-hydrogen) atoms. The van der Waals surface area contributed by atoms with Crippen LogP contribution in [0.4, 0.5) is 5.69 Å². The van der Waals surface area contributed by atoms with Crippen LogP contribution in [-0.4, -0.2) is 28.6 Å². The van der Waals surface area contributed by atoms with Crippen molar-refractivity contribution in [3.05, 3.63) is 40.1 Å². The Morgan fingerprint density at radius 2 is 1.96 bits per heavy atom. The summed E-state index contributed by atoms with van der Waals surface area (Å²) in [6.45, 7) is 4.37. The fourth-order valence-electron chi connectivity index (χ4n) is 2.64. The molecule has 1 aromatic heterocycles. The maximum atomic E-state index is 12.7. The van der Waals surface area contributed by atoms with E-state index in [-0.39, 0.29) is 9.77 Å². The molecular formula is C19H25NO5S2. The van der Waals surface area contributed by atoms with E-state index in [1.807, 2.05) is 12.1 Å². The van der Waals surface area contributed by atoms with Crippen molar-refractivity contribution in [1.82, 2.24) is 0 Å². The molecule has 0 saturated carbocycles. The first-order valence-corrected chi connectivity index (χ1v) is 11.0. The SMILES string of the molecule is COC(=O)c1sccc1S(=O)(=O)Nc1ccc(CCCC(C)C)cc1OC. The van der Waals surface area contributed by atoms with Crippen LogP contribution in [0, 0.1) is 5.92 Å². The average Bonchev–Trinajstić information content (AvgIpc) is 3.12. The molecule has 0 saturated heterocycles. The van der Waals surface area contributed by atoms with Gasteiger partial charge in [-0.1, -0.05) is 26.3 Å². The number of methoxy groups -OCH3 is 2. The third kappa shape index (κ3) is 5.46. The molecule has 0 spiro atoms. The zero-order valence-electron chi connectivity index (χ0n) is 15.9. The van der Waals surface area contributed by atoms with Gasteiger partial charge in [0.1, 0.15) is 15.5 Å². The quantitative estimate of drug-likeness (QED) is 0.621. The van der Waals surface area contributed by atoms with Crippen molar-refractivity contribution in [2.24, 2.45) is 5.92 Å². The number of thiophene rings is 1. The molecule has 0 amide bonds. The molecule has 1 N–H and O–H groups in total. The van der Waals surface area contributed by atoms with Gasteiger partial charge in [0.05, 0.1) is 19.9 Å². The largest absolute Gasteiger partial charge is 0.495 e. The Kier molecular flexibility index (Phi) is 7.26. The molecule has 1 heterocycles. The van der Waals surface area contributed by atoms with Crippen molar-refractivity contribution in [1.29, 1.82) is 0 Å². The second-order valence-electron chi connectivity index (χ2n) is 6.53. The molecule has 2 aromatic rings. The highest BCUT2D eigenvalue weighted by Gasteiger charge is 2.25. The van der Waals surface area contributed by atoms with Gasteiger partial charge in [-0.05, 0) is 47.9 Å². The van der Waals surface area contributed by atoms with Crippen LogP contribution in [0.1, 0.15) is 41.9 Å². The van der Waals surface area contributed by atoms with Crippen LogP contribution >= 0.6 is 11.3 Å². The van der Waals surface area contributed by atoms with E-state index in [2.05, 4.69) is 23.3 Å². The lowest BCUT2D eigenvalue weighted by Crippen LogP contribution is -2.16. The zero-order chi connectivity index (χ0) is 20.0. The first-order valence-electron chi connectivity index (χ1n) is 8.64. The van der Waals surface area contributed by atoms with E-state index in [0.29, 0.717) is 17.4 Å². The predicted octanol–water partition coefficient (Wildman–Crippen LogP) is 4.32. The lowest BCUT2D eigenvalue weighted by Gasteiger charge is -2.13. The summed E-state index contributed by atoms with van der Waals surface area (Å²) in [5, 5.41) is 1.54. The number of nitrogens with one attached hydrogen (secondary N) is 1. The standard InChI is InChI=1S/C19H25NO5S2/c1-13(2)6-5-7-14-8-9-15(16(12-14)24-3)20-27(22,23)17-10-11-26-18(17)19(21)25-4/h8-13,20H,5-7H2,1-4H3. The Morgan fingerprint density at radius 1 is 1.22 bits per heavy atom. The fraction of sp³-hybridized carbons (Fsp3) is 0.421. The van der Waals surface area contributed by atoms with Gasteiger partial charge in [0.25, 0.3) is 10.0 Å². The smallest absolute Gasteiger partial charge is 0.349 e. The normalized spacial score (nSPS) is 11.4. The Balaban J connectivity index is 2.23.